The Bertz CT molecular complexity index is 1150. The predicted molar refractivity (Wildman–Crippen MR) is 175 cm³/mol. The number of likely N-dealkylation sites (N-methyl/N-ethyl adjacent to an activating group) is 1. The van der Waals surface area contributed by atoms with Crippen molar-refractivity contribution in [3.8, 4) is 0 Å². The number of nitrogens with zero attached hydrogens (tertiary/aromatic N) is 2. The molecule has 3 fully saturated rings. The molecule has 0 aromatic carbocycles. The minimum Gasteiger partial charge on any atom is -0.353 e. The number of nitrogens with one attached hydrogen (secondary N) is 4. The first-order valence-electron chi connectivity index (χ1n) is 17.1. The minimum absolute atomic E-state index is 0.0572. The molecule has 260 valence electrons. The first-order chi connectivity index (χ1) is 21.4. The van der Waals surface area contributed by atoms with Crippen LogP contribution in [0.3, 0.4) is 0 Å². The van der Waals surface area contributed by atoms with Gasteiger partial charge in [-0.1, -0.05) is 74.7 Å². The second kappa shape index (κ2) is 15.2. The topological polar surface area (TPSA) is 157 Å². The van der Waals surface area contributed by atoms with Crippen LogP contribution in [0.5, 0.6) is 0 Å². The van der Waals surface area contributed by atoms with Gasteiger partial charge in [-0.3, -0.25) is 24.0 Å². The van der Waals surface area contributed by atoms with Crippen LogP contribution in [0, 0.1) is 28.6 Å². The normalized spacial score (nSPS) is 22.5. The SMILES string of the molecule is CNC(=O)C(=O)C(CC1CCC1)NC(=O)[C@@H]1[C@@H](C(C)C)CCN1C(=O)[C@@H](NC(=O)N[C@H](C(=O)N1CCCC1)C(C)(C)C)C(C)(C)C. The van der Waals surface area contributed by atoms with E-state index in [1.807, 2.05) is 55.4 Å². The molecule has 2 saturated heterocycles. The van der Waals surface area contributed by atoms with E-state index in [1.165, 1.54) is 11.9 Å². The summed E-state index contributed by atoms with van der Waals surface area (Å²) in [5, 5.41) is 10.9. The van der Waals surface area contributed by atoms with E-state index in [1.54, 1.807) is 4.90 Å². The Kier molecular flexibility index (Phi) is 12.3. The standard InChI is InChI=1S/C34H58N6O6/c1-20(2)22-15-18-40(24(22)28(42)36-23(19-21-13-12-14-21)25(41)29(43)35-9)31(45)27(34(6,7)8)38-32(46)37-26(33(3,4)5)30(44)39-16-10-11-17-39/h20-24,26-27H,10-19H2,1-9H3,(H,35,43)(H,36,42)(H2,37,38,46)/t22-,23?,24+,26-,27-/m1/s1. The fourth-order valence-electron chi connectivity index (χ4n) is 6.82. The number of carbonyl (C=O) groups excluding carboxylic acids is 6. The van der Waals surface area contributed by atoms with Crippen molar-refractivity contribution < 1.29 is 28.8 Å². The van der Waals surface area contributed by atoms with Gasteiger partial charge in [-0.25, -0.2) is 4.79 Å². The lowest BCUT2D eigenvalue weighted by Crippen LogP contribution is -2.63. The zero-order valence-electron chi connectivity index (χ0n) is 29.5. The highest BCUT2D eigenvalue weighted by Gasteiger charge is 2.48. The third-order valence-electron chi connectivity index (χ3n) is 9.92. The van der Waals surface area contributed by atoms with Crippen molar-refractivity contribution in [1.29, 1.82) is 0 Å². The summed E-state index contributed by atoms with van der Waals surface area (Å²) >= 11 is 0. The molecule has 1 unspecified atom stereocenters. The van der Waals surface area contributed by atoms with Crippen molar-refractivity contribution in [3.63, 3.8) is 0 Å². The molecule has 3 rings (SSSR count). The summed E-state index contributed by atoms with van der Waals surface area (Å²) in [5.41, 5.74) is -1.30. The number of ketones is 1. The average Bonchev–Trinajstić information content (AvgIpc) is 3.64. The summed E-state index contributed by atoms with van der Waals surface area (Å²) in [4.78, 5) is 83.8. The van der Waals surface area contributed by atoms with E-state index in [9.17, 15) is 28.8 Å². The summed E-state index contributed by atoms with van der Waals surface area (Å²) in [6.45, 7) is 16.8. The summed E-state index contributed by atoms with van der Waals surface area (Å²) in [5.74, 6) is -2.33. The lowest BCUT2D eigenvalue weighted by molar-refractivity contribution is -0.145. The second-order valence-corrected chi connectivity index (χ2v) is 16.0. The summed E-state index contributed by atoms with van der Waals surface area (Å²) in [6.07, 6.45) is 5.75. The Morgan fingerprint density at radius 1 is 0.739 bits per heavy atom. The number of carbonyl (C=O) groups is 6. The van der Waals surface area contributed by atoms with E-state index in [2.05, 4.69) is 21.3 Å². The highest BCUT2D eigenvalue weighted by Crippen LogP contribution is 2.35. The molecule has 12 nitrogen and oxygen atoms in total. The van der Waals surface area contributed by atoms with E-state index in [-0.39, 0.29) is 23.7 Å². The lowest BCUT2D eigenvalue weighted by atomic mass is 9.80. The van der Waals surface area contributed by atoms with Crippen molar-refractivity contribution in [3.05, 3.63) is 0 Å². The number of hydrogen-bond acceptors (Lipinski definition) is 6. The van der Waals surface area contributed by atoms with Crippen molar-refractivity contribution in [2.24, 2.45) is 28.6 Å². The third kappa shape index (κ3) is 9.00. The van der Waals surface area contributed by atoms with Crippen molar-refractivity contribution in [1.82, 2.24) is 31.1 Å². The zero-order valence-corrected chi connectivity index (χ0v) is 29.5. The van der Waals surface area contributed by atoms with Crippen molar-refractivity contribution in [2.75, 3.05) is 26.7 Å². The molecule has 0 radical (unpaired) electrons. The Balaban J connectivity index is 1.84. The quantitative estimate of drug-likeness (QED) is 0.253. The molecule has 1 saturated carbocycles. The Morgan fingerprint density at radius 3 is 1.74 bits per heavy atom. The second-order valence-electron chi connectivity index (χ2n) is 16.0. The molecular formula is C34H58N6O6. The van der Waals surface area contributed by atoms with E-state index in [0.717, 1.165) is 32.1 Å². The summed E-state index contributed by atoms with van der Waals surface area (Å²) in [7, 11) is 1.39. The van der Waals surface area contributed by atoms with Gasteiger partial charge < -0.3 is 31.1 Å². The van der Waals surface area contributed by atoms with Gasteiger partial charge in [0.05, 0.1) is 6.04 Å². The minimum atomic E-state index is -1.01. The molecule has 12 heteroatoms. The number of Topliss-reactive ketones (excluding diaryl/α,β-unsaturated/α-hetero) is 1. The Hall–Kier alpha value is -3.18. The van der Waals surface area contributed by atoms with Gasteiger partial charge in [0.15, 0.2) is 0 Å². The molecule has 2 heterocycles. The van der Waals surface area contributed by atoms with Crippen LogP contribution in [-0.4, -0.2) is 96.1 Å². The third-order valence-corrected chi connectivity index (χ3v) is 9.92. The number of urea groups is 1. The summed E-state index contributed by atoms with van der Waals surface area (Å²) in [6, 6.07) is -4.27. The monoisotopic (exact) mass is 646 g/mol. The van der Waals surface area contributed by atoms with Gasteiger partial charge in [-0.2, -0.15) is 0 Å². The van der Waals surface area contributed by atoms with Crippen LogP contribution in [0.25, 0.3) is 0 Å². The van der Waals surface area contributed by atoms with Gasteiger partial charge in [0.2, 0.25) is 23.5 Å². The Morgan fingerprint density at radius 2 is 1.28 bits per heavy atom. The van der Waals surface area contributed by atoms with E-state index >= 15 is 0 Å². The lowest BCUT2D eigenvalue weighted by Gasteiger charge is -2.38. The molecule has 4 N–H and O–H groups in total. The molecule has 0 aromatic heterocycles. The van der Waals surface area contributed by atoms with Crippen molar-refractivity contribution in [2.45, 2.75) is 125 Å². The van der Waals surface area contributed by atoms with Gasteiger partial charge >= 0.3 is 6.03 Å². The number of likely N-dealkylation sites (tertiary alicyclic amines) is 2. The highest BCUT2D eigenvalue weighted by molar-refractivity contribution is 6.38. The van der Waals surface area contributed by atoms with Crippen molar-refractivity contribution >= 4 is 35.4 Å². The van der Waals surface area contributed by atoms with Crippen LogP contribution in [0.15, 0.2) is 0 Å². The van der Waals surface area contributed by atoms with E-state index in [4.69, 9.17) is 0 Å². The molecule has 2 aliphatic heterocycles. The summed E-state index contributed by atoms with van der Waals surface area (Å²) < 4.78 is 0. The fraction of sp³-hybridized carbons (Fsp3) is 0.824. The molecule has 0 bridgehead atoms. The fourth-order valence-corrected chi connectivity index (χ4v) is 6.82. The van der Waals surface area contributed by atoms with Gasteiger partial charge in [0.1, 0.15) is 18.1 Å². The maximum absolute atomic E-state index is 14.3. The predicted octanol–water partition coefficient (Wildman–Crippen LogP) is 2.60. The number of hydrogen-bond donors (Lipinski definition) is 4. The van der Waals surface area contributed by atoms with Gasteiger partial charge in [-0.05, 0) is 54.3 Å². The molecule has 3 aliphatic rings. The van der Waals surface area contributed by atoms with Crippen LogP contribution in [0.1, 0.15) is 100 Å². The largest absolute Gasteiger partial charge is 0.353 e. The van der Waals surface area contributed by atoms with Gasteiger partial charge in [0.25, 0.3) is 5.91 Å². The van der Waals surface area contributed by atoms with Gasteiger partial charge in [0, 0.05) is 26.7 Å². The van der Waals surface area contributed by atoms with Gasteiger partial charge in [-0.15, -0.1) is 0 Å². The molecule has 5 atom stereocenters. The van der Waals surface area contributed by atoms with Crippen LogP contribution >= 0.6 is 0 Å². The first kappa shape index (κ1) is 37.3. The number of amides is 6. The smallest absolute Gasteiger partial charge is 0.316 e. The maximum atomic E-state index is 14.3. The van der Waals surface area contributed by atoms with Crippen LogP contribution in [0.2, 0.25) is 0 Å². The molecule has 1 aliphatic carbocycles. The molecule has 0 spiro atoms. The zero-order chi connectivity index (χ0) is 34.6. The van der Waals surface area contributed by atoms with Crippen LogP contribution in [0.4, 0.5) is 4.79 Å². The Labute approximate surface area is 274 Å². The molecular weight excluding hydrogens is 588 g/mol. The molecule has 6 amide bonds. The van der Waals surface area contributed by atoms with Crippen LogP contribution in [-0.2, 0) is 24.0 Å². The average molecular weight is 647 g/mol. The van der Waals surface area contributed by atoms with E-state index in [0.29, 0.717) is 32.5 Å². The number of rotatable bonds is 11. The molecule has 46 heavy (non-hydrogen) atoms. The van der Waals surface area contributed by atoms with Crippen LogP contribution < -0.4 is 21.3 Å². The first-order valence-corrected chi connectivity index (χ1v) is 17.1. The van der Waals surface area contributed by atoms with E-state index < -0.39 is 64.5 Å². The molecule has 0 aromatic rings. The maximum Gasteiger partial charge on any atom is 0.316 e. The highest BCUT2D eigenvalue weighted by atomic mass is 16.2.